The van der Waals surface area contributed by atoms with Crippen molar-refractivity contribution in [2.24, 2.45) is 11.8 Å². The minimum atomic E-state index is -0.955. The van der Waals surface area contributed by atoms with Crippen molar-refractivity contribution in [3.63, 3.8) is 0 Å². The standard InChI is InChI=1S/C23H27N3O4/c1-3-30-14-21(27)26-12-17-11-25(20-10-16(23(28)29)8-9-24-20)13-19(17)22(26)18-7-5-4-6-15(18)2/h4-10,17,19,22H,3,11-14H2,1-2H3,(H,28,29)/t17-,19-,22+/m0/s1. The molecule has 0 aliphatic carbocycles. The van der Waals surface area contributed by atoms with Crippen molar-refractivity contribution in [2.75, 3.05) is 37.7 Å². The van der Waals surface area contributed by atoms with Crippen LogP contribution in [0, 0.1) is 18.8 Å². The van der Waals surface area contributed by atoms with Crippen LogP contribution in [0.1, 0.15) is 34.5 Å². The van der Waals surface area contributed by atoms with Crippen molar-refractivity contribution in [3.05, 3.63) is 59.3 Å². The van der Waals surface area contributed by atoms with Crippen LogP contribution in [0.3, 0.4) is 0 Å². The van der Waals surface area contributed by atoms with E-state index in [0.717, 1.165) is 13.1 Å². The Labute approximate surface area is 176 Å². The van der Waals surface area contributed by atoms with Gasteiger partial charge in [-0.1, -0.05) is 24.3 Å². The van der Waals surface area contributed by atoms with Crippen molar-refractivity contribution in [1.29, 1.82) is 0 Å². The Morgan fingerprint density at radius 2 is 2.00 bits per heavy atom. The number of carboxylic acid groups (broad SMARTS) is 1. The van der Waals surface area contributed by atoms with Gasteiger partial charge in [-0.2, -0.15) is 0 Å². The molecule has 0 unspecified atom stereocenters. The molecule has 3 atom stereocenters. The molecule has 2 saturated heterocycles. The summed E-state index contributed by atoms with van der Waals surface area (Å²) in [7, 11) is 0. The highest BCUT2D eigenvalue weighted by atomic mass is 16.5. The summed E-state index contributed by atoms with van der Waals surface area (Å²) in [4.78, 5) is 32.8. The van der Waals surface area contributed by atoms with Crippen molar-refractivity contribution in [1.82, 2.24) is 9.88 Å². The fraction of sp³-hybridized carbons (Fsp3) is 0.435. The number of pyridine rings is 1. The van der Waals surface area contributed by atoms with Crippen molar-refractivity contribution in [2.45, 2.75) is 19.9 Å². The molecule has 2 aliphatic rings. The summed E-state index contributed by atoms with van der Waals surface area (Å²) in [6, 6.07) is 11.3. The number of carboxylic acids is 1. The third-order valence-electron chi connectivity index (χ3n) is 6.24. The highest BCUT2D eigenvalue weighted by Gasteiger charge is 2.49. The maximum atomic E-state index is 12.9. The third kappa shape index (κ3) is 3.77. The Kier molecular flexibility index (Phi) is 5.72. The molecule has 7 heteroatoms. The summed E-state index contributed by atoms with van der Waals surface area (Å²) in [5.41, 5.74) is 2.58. The lowest BCUT2D eigenvalue weighted by molar-refractivity contribution is -0.137. The van der Waals surface area contributed by atoms with Gasteiger partial charge in [0.2, 0.25) is 5.91 Å². The van der Waals surface area contributed by atoms with Crippen molar-refractivity contribution < 1.29 is 19.4 Å². The molecule has 0 bridgehead atoms. The molecule has 2 aliphatic heterocycles. The predicted molar refractivity (Wildman–Crippen MR) is 113 cm³/mol. The Hall–Kier alpha value is -2.93. The number of aryl methyl sites for hydroxylation is 1. The second kappa shape index (κ2) is 8.44. The number of aromatic nitrogens is 1. The highest BCUT2D eigenvalue weighted by Crippen LogP contribution is 2.46. The van der Waals surface area contributed by atoms with Gasteiger partial charge in [0.25, 0.3) is 0 Å². The lowest BCUT2D eigenvalue weighted by atomic mass is 9.87. The van der Waals surface area contributed by atoms with E-state index < -0.39 is 5.97 Å². The number of carbonyl (C=O) groups is 2. The monoisotopic (exact) mass is 409 g/mol. The van der Waals surface area contributed by atoms with E-state index >= 15 is 0 Å². The Bertz CT molecular complexity index is 948. The van der Waals surface area contributed by atoms with Gasteiger partial charge < -0.3 is 19.6 Å². The SMILES string of the molecule is CCOCC(=O)N1C[C@@H]2CN(c3cc(C(=O)O)ccn3)C[C@@H]2[C@H]1c1ccccc1C. The van der Waals surface area contributed by atoms with E-state index in [9.17, 15) is 14.7 Å². The molecule has 7 nitrogen and oxygen atoms in total. The fourth-order valence-electron chi connectivity index (χ4n) is 4.80. The number of fused-ring (bicyclic) bond motifs is 1. The summed E-state index contributed by atoms with van der Waals surface area (Å²) in [5, 5.41) is 9.30. The Balaban J connectivity index is 1.62. The van der Waals surface area contributed by atoms with Gasteiger partial charge in [-0.05, 0) is 37.1 Å². The lowest BCUT2D eigenvalue weighted by Gasteiger charge is -2.31. The van der Waals surface area contributed by atoms with Crippen LogP contribution in [0.15, 0.2) is 42.6 Å². The maximum Gasteiger partial charge on any atom is 0.335 e. The average molecular weight is 409 g/mol. The number of likely N-dealkylation sites (tertiary alicyclic amines) is 1. The minimum Gasteiger partial charge on any atom is -0.478 e. The molecule has 30 heavy (non-hydrogen) atoms. The number of nitrogens with zero attached hydrogens (tertiary/aromatic N) is 3. The zero-order valence-electron chi connectivity index (χ0n) is 17.3. The molecule has 1 N–H and O–H groups in total. The molecule has 0 saturated carbocycles. The van der Waals surface area contributed by atoms with Crippen LogP contribution in [-0.4, -0.2) is 59.7 Å². The first-order chi connectivity index (χ1) is 14.5. The molecule has 2 aromatic rings. The largest absolute Gasteiger partial charge is 0.478 e. The second-order valence-corrected chi connectivity index (χ2v) is 8.02. The Morgan fingerprint density at radius 1 is 1.20 bits per heavy atom. The number of amides is 1. The molecule has 1 aromatic heterocycles. The van der Waals surface area contributed by atoms with E-state index in [1.807, 2.05) is 24.0 Å². The van der Waals surface area contributed by atoms with Gasteiger partial charge in [-0.15, -0.1) is 0 Å². The maximum absolute atomic E-state index is 12.9. The van der Waals surface area contributed by atoms with E-state index in [1.165, 1.54) is 17.2 Å². The summed E-state index contributed by atoms with van der Waals surface area (Å²) >= 11 is 0. The number of rotatable bonds is 6. The highest BCUT2D eigenvalue weighted by molar-refractivity contribution is 5.88. The third-order valence-corrected chi connectivity index (χ3v) is 6.24. The number of hydrogen-bond acceptors (Lipinski definition) is 5. The number of hydrogen-bond donors (Lipinski definition) is 1. The molecule has 158 valence electrons. The lowest BCUT2D eigenvalue weighted by Crippen LogP contribution is -2.38. The van der Waals surface area contributed by atoms with Gasteiger partial charge in [0.15, 0.2) is 0 Å². The molecular weight excluding hydrogens is 382 g/mol. The molecular formula is C23H27N3O4. The van der Waals surface area contributed by atoms with Gasteiger partial charge in [0.05, 0.1) is 11.6 Å². The zero-order valence-corrected chi connectivity index (χ0v) is 17.3. The van der Waals surface area contributed by atoms with E-state index in [4.69, 9.17) is 4.74 Å². The number of carbonyl (C=O) groups excluding carboxylic acids is 1. The molecule has 1 aromatic carbocycles. The molecule has 0 spiro atoms. The van der Waals surface area contributed by atoms with Crippen LogP contribution < -0.4 is 4.90 Å². The summed E-state index contributed by atoms with van der Waals surface area (Å²) in [6.45, 7) is 6.74. The number of ether oxygens (including phenoxy) is 1. The van der Waals surface area contributed by atoms with Crippen molar-refractivity contribution >= 4 is 17.7 Å². The van der Waals surface area contributed by atoms with E-state index in [1.54, 1.807) is 12.3 Å². The number of benzene rings is 1. The first-order valence-electron chi connectivity index (χ1n) is 10.4. The van der Waals surface area contributed by atoms with E-state index in [-0.39, 0.29) is 30.0 Å². The van der Waals surface area contributed by atoms with E-state index in [2.05, 4.69) is 28.9 Å². The first kappa shape index (κ1) is 20.3. The van der Waals surface area contributed by atoms with Crippen LogP contribution in [0.25, 0.3) is 0 Å². The van der Waals surface area contributed by atoms with Gasteiger partial charge >= 0.3 is 5.97 Å². The van der Waals surface area contributed by atoms with Crippen LogP contribution in [0.2, 0.25) is 0 Å². The topological polar surface area (TPSA) is 83.0 Å². The smallest absolute Gasteiger partial charge is 0.335 e. The van der Waals surface area contributed by atoms with Crippen LogP contribution in [0.4, 0.5) is 5.82 Å². The quantitative estimate of drug-likeness (QED) is 0.790. The van der Waals surface area contributed by atoms with Gasteiger partial charge in [0, 0.05) is 44.3 Å². The predicted octanol–water partition coefficient (Wildman–Crippen LogP) is 2.76. The molecule has 4 rings (SSSR count). The average Bonchev–Trinajstić information content (AvgIpc) is 3.31. The van der Waals surface area contributed by atoms with E-state index in [0.29, 0.717) is 24.9 Å². The molecule has 2 fully saturated rings. The van der Waals surface area contributed by atoms with Gasteiger partial charge in [-0.25, -0.2) is 9.78 Å². The molecule has 1 amide bonds. The summed E-state index contributed by atoms with van der Waals surface area (Å²) in [5.74, 6) is 0.308. The number of aromatic carboxylic acids is 1. The van der Waals surface area contributed by atoms with Gasteiger partial charge in [-0.3, -0.25) is 4.79 Å². The summed E-state index contributed by atoms with van der Waals surface area (Å²) in [6.07, 6.45) is 1.55. The second-order valence-electron chi connectivity index (χ2n) is 8.02. The van der Waals surface area contributed by atoms with Crippen molar-refractivity contribution in [3.8, 4) is 0 Å². The number of anilines is 1. The fourth-order valence-corrected chi connectivity index (χ4v) is 4.80. The normalized spacial score (nSPS) is 22.9. The van der Waals surface area contributed by atoms with Crippen LogP contribution in [-0.2, 0) is 9.53 Å². The zero-order chi connectivity index (χ0) is 21.3. The van der Waals surface area contributed by atoms with Crippen LogP contribution >= 0.6 is 0 Å². The summed E-state index contributed by atoms with van der Waals surface area (Å²) < 4.78 is 5.40. The molecule has 0 radical (unpaired) electrons. The molecule has 3 heterocycles. The minimum absolute atomic E-state index is 0.0168. The van der Waals surface area contributed by atoms with Gasteiger partial charge in [0.1, 0.15) is 12.4 Å². The Morgan fingerprint density at radius 3 is 2.73 bits per heavy atom. The first-order valence-corrected chi connectivity index (χ1v) is 10.4. The van der Waals surface area contributed by atoms with Crippen LogP contribution in [0.5, 0.6) is 0 Å².